The Morgan fingerprint density at radius 1 is 1.09 bits per heavy atom. The number of carbonyl (C=O) groups excluding carboxylic acids is 2. The van der Waals surface area contributed by atoms with Crippen LogP contribution in [-0.2, 0) is 14.3 Å². The number of benzene rings is 1. The number of carbonyl (C=O) groups is 2. The van der Waals surface area contributed by atoms with E-state index in [2.05, 4.69) is 41.4 Å². The number of hydrogen-bond donors (Lipinski definition) is 3. The topological polar surface area (TPSA) is 119 Å². The molecule has 0 bridgehead atoms. The summed E-state index contributed by atoms with van der Waals surface area (Å²) in [7, 11) is 0. The third-order valence-electron chi connectivity index (χ3n) is 5.50. The first-order valence-corrected chi connectivity index (χ1v) is 13.7. The van der Waals surface area contributed by atoms with Gasteiger partial charge < -0.3 is 21.1 Å². The lowest BCUT2D eigenvalue weighted by molar-refractivity contribution is -0.117. The van der Waals surface area contributed by atoms with Gasteiger partial charge in [0.15, 0.2) is 11.0 Å². The van der Waals surface area contributed by atoms with E-state index in [9.17, 15) is 9.59 Å². The molecule has 0 saturated heterocycles. The van der Waals surface area contributed by atoms with Gasteiger partial charge in [-0.15, -0.1) is 11.8 Å². The van der Waals surface area contributed by atoms with Crippen LogP contribution in [0, 0.1) is 5.41 Å². The molecule has 0 radical (unpaired) electrons. The van der Waals surface area contributed by atoms with Crippen LogP contribution >= 0.6 is 23.1 Å². The van der Waals surface area contributed by atoms with Crippen LogP contribution in [0.3, 0.4) is 0 Å². The Morgan fingerprint density at radius 3 is 2.37 bits per heavy atom. The van der Waals surface area contributed by atoms with Crippen molar-refractivity contribution in [3.8, 4) is 0 Å². The van der Waals surface area contributed by atoms with E-state index in [1.807, 2.05) is 0 Å². The zero-order chi connectivity index (χ0) is 25.3. The molecule has 10 heteroatoms. The van der Waals surface area contributed by atoms with Gasteiger partial charge >= 0.3 is 0 Å². The summed E-state index contributed by atoms with van der Waals surface area (Å²) in [6, 6.07) is 7.09. The van der Waals surface area contributed by atoms with E-state index in [4.69, 9.17) is 10.5 Å². The lowest BCUT2D eigenvalue weighted by atomic mass is 9.89. The molecule has 1 aromatic carbocycles. The SMILES string of the molecule is CC(C)(C)C1CN=C(CSc2cnc(NC(=O)CCCCCCC(=O)Nc3ccc(N)cc3)s2)O1. The number of unbranched alkanes of at least 4 members (excludes halogenated alkanes) is 3. The Kier molecular flexibility index (Phi) is 9.97. The molecular weight excluding hydrogens is 482 g/mol. The lowest BCUT2D eigenvalue weighted by Gasteiger charge is -2.25. The standard InChI is InChI=1S/C25H35N5O3S2/c1-25(2,3)19-14-27-22(33-19)16-34-23-15-28-24(35-23)30-21(32)9-7-5-4-6-8-20(31)29-18-12-10-17(26)11-13-18/h10-13,15,19H,4-9,14,16,26H2,1-3H3,(H,29,31)(H,28,30,32). The van der Waals surface area contributed by atoms with Gasteiger partial charge in [0.1, 0.15) is 6.10 Å². The molecule has 0 aliphatic carbocycles. The van der Waals surface area contributed by atoms with Crippen molar-refractivity contribution in [3.05, 3.63) is 30.5 Å². The zero-order valence-electron chi connectivity index (χ0n) is 20.6. The van der Waals surface area contributed by atoms with Gasteiger partial charge in [-0.2, -0.15) is 0 Å². The Morgan fingerprint density at radius 2 is 1.74 bits per heavy atom. The van der Waals surface area contributed by atoms with E-state index in [1.165, 1.54) is 11.3 Å². The second kappa shape index (κ2) is 12.9. The summed E-state index contributed by atoms with van der Waals surface area (Å²) in [5.41, 5.74) is 7.14. The normalized spacial score (nSPS) is 15.4. The minimum atomic E-state index is -0.0338. The first kappa shape index (κ1) is 27.0. The number of amides is 2. The van der Waals surface area contributed by atoms with Crippen LogP contribution in [0.1, 0.15) is 59.3 Å². The predicted molar refractivity (Wildman–Crippen MR) is 145 cm³/mol. The maximum absolute atomic E-state index is 12.2. The molecule has 2 amide bonds. The van der Waals surface area contributed by atoms with Gasteiger partial charge in [0, 0.05) is 29.6 Å². The quantitative estimate of drug-likeness (QED) is 0.192. The molecule has 1 atom stereocenters. The van der Waals surface area contributed by atoms with Gasteiger partial charge in [-0.25, -0.2) is 4.98 Å². The van der Waals surface area contributed by atoms with E-state index in [0.717, 1.165) is 41.5 Å². The number of thiazole rings is 1. The molecule has 2 aromatic rings. The summed E-state index contributed by atoms with van der Waals surface area (Å²) in [6.45, 7) is 7.18. The average Bonchev–Trinajstić information content (AvgIpc) is 3.46. The maximum atomic E-state index is 12.2. The number of ether oxygens (including phenoxy) is 1. The largest absolute Gasteiger partial charge is 0.475 e. The first-order chi connectivity index (χ1) is 16.7. The van der Waals surface area contributed by atoms with Crippen molar-refractivity contribution in [2.24, 2.45) is 10.4 Å². The number of hydrogen-bond acceptors (Lipinski definition) is 8. The van der Waals surface area contributed by atoms with Crippen molar-refractivity contribution < 1.29 is 14.3 Å². The Balaban J connectivity index is 1.24. The first-order valence-electron chi connectivity index (χ1n) is 11.9. The molecule has 0 spiro atoms. The number of rotatable bonds is 12. The van der Waals surface area contributed by atoms with Crippen molar-refractivity contribution in [1.29, 1.82) is 0 Å². The van der Waals surface area contributed by atoms with Gasteiger partial charge in [0.25, 0.3) is 0 Å². The van der Waals surface area contributed by atoms with Crippen LogP contribution < -0.4 is 16.4 Å². The number of thioether (sulfide) groups is 1. The van der Waals surface area contributed by atoms with Gasteiger partial charge in [-0.3, -0.25) is 14.6 Å². The highest BCUT2D eigenvalue weighted by Gasteiger charge is 2.31. The second-order valence-electron chi connectivity index (χ2n) is 9.61. The number of nitrogens with two attached hydrogens (primary N) is 1. The second-order valence-corrected chi connectivity index (χ2v) is 11.9. The summed E-state index contributed by atoms with van der Waals surface area (Å²) >= 11 is 3.08. The zero-order valence-corrected chi connectivity index (χ0v) is 22.3. The van der Waals surface area contributed by atoms with E-state index in [0.29, 0.717) is 36.0 Å². The molecule has 1 aliphatic rings. The van der Waals surface area contributed by atoms with Gasteiger partial charge in [-0.05, 0) is 37.1 Å². The van der Waals surface area contributed by atoms with E-state index in [-0.39, 0.29) is 23.3 Å². The molecule has 0 saturated carbocycles. The number of nitrogens with one attached hydrogen (secondary N) is 2. The fourth-order valence-corrected chi connectivity index (χ4v) is 5.13. The van der Waals surface area contributed by atoms with Crippen LogP contribution in [-0.4, -0.2) is 41.1 Å². The molecule has 35 heavy (non-hydrogen) atoms. The van der Waals surface area contributed by atoms with Crippen molar-refractivity contribution in [2.75, 3.05) is 28.7 Å². The monoisotopic (exact) mass is 517 g/mol. The van der Waals surface area contributed by atoms with Crippen molar-refractivity contribution in [2.45, 2.75) is 69.6 Å². The molecule has 1 aromatic heterocycles. The number of nitrogen functional groups attached to an aromatic ring is 1. The lowest BCUT2D eigenvalue weighted by Crippen LogP contribution is -2.29. The van der Waals surface area contributed by atoms with E-state index >= 15 is 0 Å². The maximum Gasteiger partial charge on any atom is 0.226 e. The highest BCUT2D eigenvalue weighted by Crippen LogP contribution is 2.31. The van der Waals surface area contributed by atoms with E-state index in [1.54, 1.807) is 42.2 Å². The summed E-state index contributed by atoms with van der Waals surface area (Å²) in [5, 5.41) is 6.35. The minimum Gasteiger partial charge on any atom is -0.475 e. The summed E-state index contributed by atoms with van der Waals surface area (Å²) in [5.74, 6) is 1.40. The molecule has 8 nitrogen and oxygen atoms in total. The fraction of sp³-hybridized carbons (Fsp3) is 0.520. The molecular formula is C25H35N5O3S2. The molecule has 0 fully saturated rings. The molecule has 190 valence electrons. The highest BCUT2D eigenvalue weighted by molar-refractivity contribution is 8.01. The molecule has 4 N–H and O–H groups in total. The fourth-order valence-electron chi connectivity index (χ4n) is 3.37. The van der Waals surface area contributed by atoms with Crippen LogP contribution in [0.2, 0.25) is 0 Å². The predicted octanol–water partition coefficient (Wildman–Crippen LogP) is 5.58. The minimum absolute atomic E-state index is 0.00876. The van der Waals surface area contributed by atoms with Crippen molar-refractivity contribution >= 4 is 57.3 Å². The Bertz CT molecular complexity index is 1010. The highest BCUT2D eigenvalue weighted by atomic mass is 32.2. The number of nitrogens with zero attached hydrogens (tertiary/aromatic N) is 2. The van der Waals surface area contributed by atoms with Gasteiger partial charge in [0.2, 0.25) is 11.8 Å². The summed E-state index contributed by atoms with van der Waals surface area (Å²) < 4.78 is 6.97. The molecule has 1 aliphatic heterocycles. The molecule has 2 heterocycles. The van der Waals surface area contributed by atoms with Crippen molar-refractivity contribution in [3.63, 3.8) is 0 Å². The van der Waals surface area contributed by atoms with E-state index < -0.39 is 0 Å². The number of anilines is 3. The van der Waals surface area contributed by atoms with Gasteiger partial charge in [0.05, 0.1) is 22.7 Å². The number of aromatic nitrogens is 1. The van der Waals surface area contributed by atoms with Crippen LogP contribution in [0.15, 0.2) is 39.7 Å². The Hall–Kier alpha value is -2.59. The Labute approximate surface area is 215 Å². The summed E-state index contributed by atoms with van der Waals surface area (Å²) in [6.07, 6.45) is 6.19. The van der Waals surface area contributed by atoms with Crippen LogP contribution in [0.4, 0.5) is 16.5 Å². The van der Waals surface area contributed by atoms with Gasteiger partial charge in [-0.1, -0.05) is 44.9 Å². The van der Waals surface area contributed by atoms with Crippen molar-refractivity contribution in [1.82, 2.24) is 4.98 Å². The molecule has 1 unspecified atom stereocenters. The smallest absolute Gasteiger partial charge is 0.226 e. The van der Waals surface area contributed by atoms with Crippen LogP contribution in [0.5, 0.6) is 0 Å². The molecule has 3 rings (SSSR count). The third kappa shape index (κ3) is 9.52. The third-order valence-corrected chi connectivity index (χ3v) is 7.59. The number of aliphatic imine (C=N–C) groups is 1. The van der Waals surface area contributed by atoms with Crippen LogP contribution in [0.25, 0.3) is 0 Å². The average molecular weight is 518 g/mol. The summed E-state index contributed by atoms with van der Waals surface area (Å²) in [4.78, 5) is 33.0.